The maximum atomic E-state index is 12.6. The van der Waals surface area contributed by atoms with E-state index < -0.39 is 12.6 Å². The van der Waals surface area contributed by atoms with Crippen LogP contribution in [-0.2, 0) is 6.42 Å². The van der Waals surface area contributed by atoms with Gasteiger partial charge in [0.15, 0.2) is 11.5 Å². The summed E-state index contributed by atoms with van der Waals surface area (Å²) in [5, 5.41) is 11.8. The molecule has 0 aliphatic carbocycles. The molecule has 5 nitrogen and oxygen atoms in total. The highest BCUT2D eigenvalue weighted by Gasteiger charge is 2.31. The standard InChI is InChI=1S/C18H17ClF3N5/c19-16-14(11-23-27-15(10-18(20,21)22)24-25-17(16)27)26-8-6-13(7-9-26)12-4-2-1-3-5-12/h1-5,11,13H,6-10H2. The minimum absolute atomic E-state index is 0.151. The van der Waals surface area contributed by atoms with Gasteiger partial charge in [-0.3, -0.25) is 0 Å². The maximum Gasteiger partial charge on any atom is 0.396 e. The molecule has 1 aliphatic rings. The molecule has 0 amide bonds. The Kier molecular flexibility index (Phi) is 4.67. The van der Waals surface area contributed by atoms with E-state index in [1.54, 1.807) is 0 Å². The number of rotatable bonds is 3. The first kappa shape index (κ1) is 18.0. The molecule has 3 heterocycles. The van der Waals surface area contributed by atoms with Gasteiger partial charge in [-0.25, -0.2) is 0 Å². The first-order valence-corrected chi connectivity index (χ1v) is 9.05. The first-order chi connectivity index (χ1) is 12.9. The summed E-state index contributed by atoms with van der Waals surface area (Å²) in [7, 11) is 0. The smallest absolute Gasteiger partial charge is 0.369 e. The van der Waals surface area contributed by atoms with Gasteiger partial charge in [0.1, 0.15) is 11.4 Å². The third-order valence-electron chi connectivity index (χ3n) is 4.89. The Morgan fingerprint density at radius 1 is 1.07 bits per heavy atom. The van der Waals surface area contributed by atoms with Gasteiger partial charge in [-0.2, -0.15) is 22.8 Å². The van der Waals surface area contributed by atoms with Crippen LogP contribution in [0.2, 0.25) is 5.02 Å². The number of benzene rings is 1. The summed E-state index contributed by atoms with van der Waals surface area (Å²) in [6, 6.07) is 10.4. The van der Waals surface area contributed by atoms with Gasteiger partial charge in [0, 0.05) is 13.1 Å². The largest absolute Gasteiger partial charge is 0.396 e. The fraction of sp³-hybridized carbons (Fsp3) is 0.389. The lowest BCUT2D eigenvalue weighted by Gasteiger charge is -2.34. The lowest BCUT2D eigenvalue weighted by molar-refractivity contribution is -0.128. The lowest BCUT2D eigenvalue weighted by Crippen LogP contribution is -2.33. The van der Waals surface area contributed by atoms with Crippen LogP contribution in [0, 0.1) is 0 Å². The molecule has 1 aliphatic heterocycles. The van der Waals surface area contributed by atoms with E-state index in [1.807, 2.05) is 18.2 Å². The highest BCUT2D eigenvalue weighted by Crippen LogP contribution is 2.34. The molecule has 0 spiro atoms. The highest BCUT2D eigenvalue weighted by atomic mass is 35.5. The maximum absolute atomic E-state index is 12.6. The van der Waals surface area contributed by atoms with Crippen molar-refractivity contribution in [3.8, 4) is 0 Å². The molecule has 0 bridgehead atoms. The highest BCUT2D eigenvalue weighted by molar-refractivity contribution is 6.36. The Balaban J connectivity index is 1.54. The molecule has 0 saturated carbocycles. The number of alkyl halides is 3. The zero-order valence-corrected chi connectivity index (χ0v) is 15.1. The summed E-state index contributed by atoms with van der Waals surface area (Å²) in [5.41, 5.74) is 2.16. The van der Waals surface area contributed by atoms with E-state index in [9.17, 15) is 13.2 Å². The minimum Gasteiger partial charge on any atom is -0.369 e. The molecule has 27 heavy (non-hydrogen) atoms. The molecule has 9 heteroatoms. The van der Waals surface area contributed by atoms with Crippen LogP contribution in [0.25, 0.3) is 5.65 Å². The van der Waals surface area contributed by atoms with Crippen molar-refractivity contribution in [2.24, 2.45) is 0 Å². The third kappa shape index (κ3) is 3.71. The van der Waals surface area contributed by atoms with E-state index in [1.165, 1.54) is 11.8 Å². The van der Waals surface area contributed by atoms with Gasteiger partial charge in [-0.05, 0) is 24.3 Å². The summed E-state index contributed by atoms with van der Waals surface area (Å²) in [6.07, 6.45) is -2.13. The number of halogens is 4. The van der Waals surface area contributed by atoms with Crippen molar-refractivity contribution in [2.45, 2.75) is 31.4 Å². The van der Waals surface area contributed by atoms with Crippen molar-refractivity contribution in [3.05, 3.63) is 52.9 Å². The third-order valence-corrected chi connectivity index (χ3v) is 5.25. The van der Waals surface area contributed by atoms with Crippen molar-refractivity contribution in [1.82, 2.24) is 19.8 Å². The number of fused-ring (bicyclic) bond motifs is 1. The Morgan fingerprint density at radius 3 is 2.44 bits per heavy atom. The number of hydrogen-bond acceptors (Lipinski definition) is 4. The summed E-state index contributed by atoms with van der Waals surface area (Å²) >= 11 is 6.43. The molecule has 1 fully saturated rings. The zero-order chi connectivity index (χ0) is 19.0. The molecule has 0 N–H and O–H groups in total. The van der Waals surface area contributed by atoms with E-state index in [-0.39, 0.29) is 16.5 Å². The summed E-state index contributed by atoms with van der Waals surface area (Å²) in [6.45, 7) is 1.58. The van der Waals surface area contributed by atoms with Crippen LogP contribution in [-0.4, -0.2) is 39.1 Å². The quantitative estimate of drug-likeness (QED) is 0.664. The molecule has 4 rings (SSSR count). The summed E-state index contributed by atoms with van der Waals surface area (Å²) in [5.74, 6) is 0.220. The van der Waals surface area contributed by atoms with Gasteiger partial charge >= 0.3 is 6.18 Å². The molecule has 0 radical (unpaired) electrons. The number of hydrogen-bond donors (Lipinski definition) is 0. The second-order valence-corrected chi connectivity index (χ2v) is 7.04. The topological polar surface area (TPSA) is 46.3 Å². The number of piperidine rings is 1. The fourth-order valence-electron chi connectivity index (χ4n) is 3.54. The minimum atomic E-state index is -4.38. The van der Waals surface area contributed by atoms with E-state index in [0.717, 1.165) is 30.4 Å². The van der Waals surface area contributed by atoms with Gasteiger partial charge in [0.2, 0.25) is 0 Å². The van der Waals surface area contributed by atoms with Crippen LogP contribution in [0.4, 0.5) is 18.9 Å². The van der Waals surface area contributed by atoms with Crippen LogP contribution in [0.3, 0.4) is 0 Å². The molecule has 3 aromatic rings. The second-order valence-electron chi connectivity index (χ2n) is 6.66. The monoisotopic (exact) mass is 395 g/mol. The van der Waals surface area contributed by atoms with Crippen LogP contribution in [0.1, 0.15) is 30.1 Å². The number of aromatic nitrogens is 4. The first-order valence-electron chi connectivity index (χ1n) is 8.68. The molecule has 1 saturated heterocycles. The van der Waals surface area contributed by atoms with E-state index in [4.69, 9.17) is 11.6 Å². The lowest BCUT2D eigenvalue weighted by atomic mass is 9.89. The molecule has 142 valence electrons. The summed E-state index contributed by atoms with van der Waals surface area (Å²) in [4.78, 5) is 2.10. The predicted octanol–water partition coefficient (Wildman–Crippen LogP) is 4.27. The average Bonchev–Trinajstić information content (AvgIpc) is 3.05. The van der Waals surface area contributed by atoms with Gasteiger partial charge < -0.3 is 4.90 Å². The van der Waals surface area contributed by atoms with Gasteiger partial charge in [-0.15, -0.1) is 10.2 Å². The van der Waals surface area contributed by atoms with E-state index in [2.05, 4.69) is 32.3 Å². The average molecular weight is 396 g/mol. The Labute approximate surface area is 158 Å². The van der Waals surface area contributed by atoms with Crippen molar-refractivity contribution in [3.63, 3.8) is 0 Å². The second kappa shape index (κ2) is 6.99. The molecular formula is C18H17ClF3N5. The molecule has 2 aromatic heterocycles. The Morgan fingerprint density at radius 2 is 1.78 bits per heavy atom. The molecule has 0 atom stereocenters. The van der Waals surface area contributed by atoms with Crippen molar-refractivity contribution >= 4 is 22.9 Å². The predicted molar refractivity (Wildman–Crippen MR) is 96.2 cm³/mol. The van der Waals surface area contributed by atoms with Crippen molar-refractivity contribution in [1.29, 1.82) is 0 Å². The Bertz CT molecular complexity index is 933. The zero-order valence-electron chi connectivity index (χ0n) is 14.3. The van der Waals surface area contributed by atoms with Crippen LogP contribution in [0.5, 0.6) is 0 Å². The molecular weight excluding hydrogens is 379 g/mol. The normalized spacial score (nSPS) is 16.2. The van der Waals surface area contributed by atoms with Crippen molar-refractivity contribution < 1.29 is 13.2 Å². The number of anilines is 1. The van der Waals surface area contributed by atoms with Gasteiger partial charge in [0.25, 0.3) is 0 Å². The van der Waals surface area contributed by atoms with E-state index >= 15 is 0 Å². The number of nitrogens with zero attached hydrogens (tertiary/aromatic N) is 5. The van der Waals surface area contributed by atoms with E-state index in [0.29, 0.717) is 11.6 Å². The van der Waals surface area contributed by atoms with Crippen LogP contribution >= 0.6 is 11.6 Å². The molecule has 0 unspecified atom stereocenters. The van der Waals surface area contributed by atoms with Crippen molar-refractivity contribution in [2.75, 3.05) is 18.0 Å². The van der Waals surface area contributed by atoms with Gasteiger partial charge in [-0.1, -0.05) is 41.9 Å². The summed E-state index contributed by atoms with van der Waals surface area (Å²) < 4.78 is 39.0. The fourth-order valence-corrected chi connectivity index (χ4v) is 3.83. The molecule has 1 aromatic carbocycles. The SMILES string of the molecule is FC(F)(F)Cc1nnc2c(Cl)c(N3CCC(c4ccccc4)CC3)cnn12. The van der Waals surface area contributed by atoms with Crippen LogP contribution in [0.15, 0.2) is 36.5 Å². The Hall–Kier alpha value is -2.35. The van der Waals surface area contributed by atoms with Gasteiger partial charge in [0.05, 0.1) is 11.9 Å². The van der Waals surface area contributed by atoms with Crippen LogP contribution < -0.4 is 4.90 Å².